The van der Waals surface area contributed by atoms with E-state index < -0.39 is 58.0 Å². The van der Waals surface area contributed by atoms with Crippen LogP contribution in [0, 0.1) is 17.3 Å². The molecule has 0 spiro atoms. The van der Waals surface area contributed by atoms with Crippen molar-refractivity contribution in [1.29, 1.82) is 0 Å². The lowest BCUT2D eigenvalue weighted by Crippen LogP contribution is -2.65. The van der Waals surface area contributed by atoms with Crippen LogP contribution in [0.5, 0.6) is 5.75 Å². The quantitative estimate of drug-likeness (QED) is 0.275. The smallest absolute Gasteiger partial charge is 0.255 e. The van der Waals surface area contributed by atoms with Crippen molar-refractivity contribution >= 4 is 23.2 Å². The minimum absolute atomic E-state index is 0.0344. The summed E-state index contributed by atoms with van der Waals surface area (Å²) in [6.45, 7) is 9.54. The van der Waals surface area contributed by atoms with Crippen molar-refractivity contribution in [3.8, 4) is 5.75 Å². The SMILES string of the molecule is CCCc1cc(CNCC(C)(C)C)c2c(c1O)C(O)=C1C(=O)[C@]3(O)C(O)=C(C(N)=O)C(=O)C(N(C)C)[C@@H]3C[C@@H]1C2. The number of rotatable bonds is 7. The molecule has 0 saturated heterocycles. The largest absolute Gasteiger partial charge is 0.508 e. The van der Waals surface area contributed by atoms with Gasteiger partial charge in [-0.2, -0.15) is 0 Å². The Labute approximate surface area is 234 Å². The number of nitrogens with zero attached hydrogens (tertiary/aromatic N) is 1. The van der Waals surface area contributed by atoms with Crippen molar-refractivity contribution in [3.05, 3.63) is 45.2 Å². The number of amides is 1. The van der Waals surface area contributed by atoms with E-state index in [9.17, 15) is 34.8 Å². The molecule has 4 atom stereocenters. The van der Waals surface area contributed by atoms with E-state index in [0.29, 0.717) is 24.1 Å². The normalized spacial score (nSPS) is 26.6. The summed E-state index contributed by atoms with van der Waals surface area (Å²) < 4.78 is 0. The predicted octanol–water partition coefficient (Wildman–Crippen LogP) is 2.05. The number of hydrogen-bond acceptors (Lipinski definition) is 9. The zero-order chi connectivity index (χ0) is 29.9. The topological polar surface area (TPSA) is 173 Å². The monoisotopic (exact) mass is 555 g/mol. The van der Waals surface area contributed by atoms with Crippen LogP contribution in [-0.4, -0.2) is 75.1 Å². The molecule has 0 aliphatic heterocycles. The second-order valence-corrected chi connectivity index (χ2v) is 12.8. The number of carbonyl (C=O) groups is 3. The average Bonchev–Trinajstić information content (AvgIpc) is 2.83. The lowest BCUT2D eigenvalue weighted by Gasteiger charge is -2.50. The first-order valence-corrected chi connectivity index (χ1v) is 13.8. The van der Waals surface area contributed by atoms with Crippen LogP contribution in [0.25, 0.3) is 5.76 Å². The van der Waals surface area contributed by atoms with E-state index in [0.717, 1.165) is 18.5 Å². The molecule has 0 bridgehead atoms. The van der Waals surface area contributed by atoms with Gasteiger partial charge in [0.25, 0.3) is 5.91 Å². The summed E-state index contributed by atoms with van der Waals surface area (Å²) in [4.78, 5) is 40.9. The number of phenols is 1. The summed E-state index contributed by atoms with van der Waals surface area (Å²) in [5, 5.41) is 49.0. The van der Waals surface area contributed by atoms with Gasteiger partial charge in [-0.15, -0.1) is 0 Å². The molecule has 3 aliphatic carbocycles. The molecule has 3 aliphatic rings. The first-order valence-electron chi connectivity index (χ1n) is 13.8. The van der Waals surface area contributed by atoms with Crippen LogP contribution >= 0.6 is 0 Å². The summed E-state index contributed by atoms with van der Waals surface area (Å²) in [5.41, 5.74) is 4.20. The van der Waals surface area contributed by atoms with Crippen LogP contribution < -0.4 is 11.1 Å². The van der Waals surface area contributed by atoms with Gasteiger partial charge in [0.2, 0.25) is 5.78 Å². The Morgan fingerprint density at radius 3 is 2.38 bits per heavy atom. The van der Waals surface area contributed by atoms with E-state index in [-0.39, 0.29) is 35.1 Å². The van der Waals surface area contributed by atoms with E-state index >= 15 is 0 Å². The third kappa shape index (κ3) is 4.61. The number of primary amides is 1. The number of aliphatic hydroxyl groups is 3. The first-order chi connectivity index (χ1) is 18.6. The molecule has 1 unspecified atom stereocenters. The summed E-state index contributed by atoms with van der Waals surface area (Å²) in [5.74, 6) is -6.37. The fraction of sp³-hybridized carbons (Fsp3) is 0.567. The molecule has 0 aromatic heterocycles. The number of ketones is 2. The number of nitrogens with two attached hydrogens (primary N) is 1. The number of aliphatic hydroxyl groups excluding tert-OH is 2. The average molecular weight is 556 g/mol. The lowest BCUT2D eigenvalue weighted by atomic mass is 9.57. The van der Waals surface area contributed by atoms with Crippen LogP contribution in [0.1, 0.15) is 62.8 Å². The Bertz CT molecular complexity index is 1340. The van der Waals surface area contributed by atoms with Gasteiger partial charge in [0.15, 0.2) is 11.4 Å². The Hall–Kier alpha value is -3.21. The summed E-state index contributed by atoms with van der Waals surface area (Å²) in [6.07, 6.45) is 1.64. The molecule has 40 heavy (non-hydrogen) atoms. The van der Waals surface area contributed by atoms with Crippen molar-refractivity contribution < 1.29 is 34.8 Å². The minimum atomic E-state index is -2.64. The number of nitrogens with one attached hydrogen (secondary N) is 1. The highest BCUT2D eigenvalue weighted by molar-refractivity contribution is 6.24. The molecular weight excluding hydrogens is 514 g/mol. The van der Waals surface area contributed by atoms with Gasteiger partial charge >= 0.3 is 0 Å². The van der Waals surface area contributed by atoms with Gasteiger partial charge in [0.1, 0.15) is 22.8 Å². The molecule has 4 rings (SSSR count). The second-order valence-electron chi connectivity index (χ2n) is 12.8. The van der Waals surface area contributed by atoms with Gasteiger partial charge < -0.3 is 31.5 Å². The standard InChI is InChI=1S/C30H41N3O7/c1-7-8-14-9-16(12-32-13-29(2,3)4)17-10-15-11-18-22(33(5)6)25(36)21(28(31)39)27(38)30(18,40)26(37)19(15)24(35)20(17)23(14)34/h9,15,18,22,32,34-35,38,40H,7-8,10-13H2,1-6H3,(H2,31,39)/t15-,18-,22?,30-/m0/s1. The van der Waals surface area contributed by atoms with E-state index in [4.69, 9.17) is 5.73 Å². The number of aryl methyl sites for hydroxylation is 1. The number of Topliss-reactive ketones (excluding diaryl/α,β-unsaturated/α-hetero) is 2. The van der Waals surface area contributed by atoms with E-state index in [1.165, 1.54) is 4.90 Å². The zero-order valence-electron chi connectivity index (χ0n) is 24.1. The number of hydrogen-bond donors (Lipinski definition) is 6. The third-order valence-electron chi connectivity index (χ3n) is 8.38. The lowest BCUT2D eigenvalue weighted by molar-refractivity contribution is -0.153. The fourth-order valence-corrected chi connectivity index (χ4v) is 6.64. The van der Waals surface area contributed by atoms with Crippen LogP contribution in [0.3, 0.4) is 0 Å². The fourth-order valence-electron chi connectivity index (χ4n) is 6.64. The van der Waals surface area contributed by atoms with E-state index in [2.05, 4.69) is 26.1 Å². The van der Waals surface area contributed by atoms with Gasteiger partial charge in [0, 0.05) is 24.6 Å². The molecular formula is C30H41N3O7. The van der Waals surface area contributed by atoms with Gasteiger partial charge in [-0.05, 0) is 61.4 Å². The van der Waals surface area contributed by atoms with Gasteiger partial charge in [-0.3, -0.25) is 19.3 Å². The van der Waals surface area contributed by atoms with Crippen LogP contribution in [0.2, 0.25) is 0 Å². The molecule has 218 valence electrons. The van der Waals surface area contributed by atoms with Gasteiger partial charge in [-0.1, -0.05) is 40.2 Å². The predicted molar refractivity (Wildman–Crippen MR) is 149 cm³/mol. The highest BCUT2D eigenvalue weighted by Crippen LogP contribution is 2.53. The van der Waals surface area contributed by atoms with Gasteiger partial charge in [-0.25, -0.2) is 0 Å². The summed E-state index contributed by atoms with van der Waals surface area (Å²) in [7, 11) is 3.17. The number of benzene rings is 1. The number of carbonyl (C=O) groups excluding carboxylic acids is 3. The molecule has 1 saturated carbocycles. The number of aromatic hydroxyl groups is 1. The molecule has 0 heterocycles. The molecule has 1 amide bonds. The number of phenolic OH excluding ortho intramolecular Hbond substituents is 1. The van der Waals surface area contributed by atoms with Gasteiger partial charge in [0.05, 0.1) is 11.6 Å². The summed E-state index contributed by atoms with van der Waals surface area (Å²) >= 11 is 0. The highest BCUT2D eigenvalue weighted by Gasteiger charge is 2.64. The maximum atomic E-state index is 14.0. The summed E-state index contributed by atoms with van der Waals surface area (Å²) in [6, 6.07) is 0.832. The Morgan fingerprint density at radius 1 is 1.18 bits per heavy atom. The molecule has 10 heteroatoms. The second kappa shape index (κ2) is 10.3. The maximum absolute atomic E-state index is 14.0. The Morgan fingerprint density at radius 2 is 1.82 bits per heavy atom. The molecule has 0 radical (unpaired) electrons. The van der Waals surface area contributed by atoms with Crippen LogP contribution in [-0.2, 0) is 33.8 Å². The first kappa shape index (κ1) is 29.8. The molecule has 1 aromatic rings. The number of likely N-dealkylation sites (N-methyl/N-ethyl adjacent to an activating group) is 1. The highest BCUT2D eigenvalue weighted by atomic mass is 16.3. The minimum Gasteiger partial charge on any atom is -0.508 e. The molecule has 1 aromatic carbocycles. The molecule has 7 N–H and O–H groups in total. The van der Waals surface area contributed by atoms with Crippen molar-refractivity contribution in [2.45, 2.75) is 71.6 Å². The third-order valence-corrected chi connectivity index (χ3v) is 8.38. The van der Waals surface area contributed by atoms with Crippen molar-refractivity contribution in [3.63, 3.8) is 0 Å². The Kier molecular flexibility index (Phi) is 7.68. The van der Waals surface area contributed by atoms with Crippen molar-refractivity contribution in [2.24, 2.45) is 23.0 Å². The Balaban J connectivity index is 1.91. The maximum Gasteiger partial charge on any atom is 0.255 e. The van der Waals surface area contributed by atoms with E-state index in [1.807, 2.05) is 13.0 Å². The molecule has 10 nitrogen and oxygen atoms in total. The zero-order valence-corrected chi connectivity index (χ0v) is 24.1. The van der Waals surface area contributed by atoms with Crippen molar-refractivity contribution in [2.75, 3.05) is 20.6 Å². The van der Waals surface area contributed by atoms with Crippen LogP contribution in [0.15, 0.2) is 23.0 Å². The molecule has 1 fully saturated rings. The number of fused-ring (bicyclic) bond motifs is 3. The van der Waals surface area contributed by atoms with Crippen molar-refractivity contribution in [1.82, 2.24) is 10.2 Å². The van der Waals surface area contributed by atoms with E-state index in [1.54, 1.807) is 14.1 Å². The van der Waals surface area contributed by atoms with Crippen LogP contribution in [0.4, 0.5) is 0 Å².